The van der Waals surface area contributed by atoms with E-state index in [-0.39, 0.29) is 5.91 Å². The molecule has 2 rings (SSSR count). The van der Waals surface area contributed by atoms with Crippen LogP contribution in [0.25, 0.3) is 5.65 Å². The summed E-state index contributed by atoms with van der Waals surface area (Å²) in [6, 6.07) is 5.76. The van der Waals surface area contributed by atoms with E-state index < -0.39 is 0 Å². The van der Waals surface area contributed by atoms with E-state index in [0.29, 0.717) is 25.4 Å². The van der Waals surface area contributed by atoms with Gasteiger partial charge in [-0.25, -0.2) is 4.98 Å². The van der Waals surface area contributed by atoms with Crippen LogP contribution in [-0.4, -0.2) is 54.5 Å². The van der Waals surface area contributed by atoms with Crippen molar-refractivity contribution in [1.29, 1.82) is 0 Å². The molecule has 2 heterocycles. The third-order valence-corrected chi connectivity index (χ3v) is 3.12. The minimum atomic E-state index is -0.133. The zero-order valence-electron chi connectivity index (χ0n) is 12.8. The first kappa shape index (κ1) is 15.5. The number of rotatable bonds is 7. The minimum absolute atomic E-state index is 0.133. The smallest absolute Gasteiger partial charge is 0.271 e. The van der Waals surface area contributed by atoms with Gasteiger partial charge in [-0.2, -0.15) is 0 Å². The van der Waals surface area contributed by atoms with E-state index in [9.17, 15) is 4.79 Å². The number of hydrogen-bond donors (Lipinski definition) is 1. The maximum atomic E-state index is 12.3. The average Bonchev–Trinajstić information content (AvgIpc) is 2.82. The van der Waals surface area contributed by atoms with Gasteiger partial charge in [0.05, 0.1) is 5.69 Å². The molecule has 0 saturated carbocycles. The summed E-state index contributed by atoms with van der Waals surface area (Å²) in [6.07, 6.45) is 2.72. The summed E-state index contributed by atoms with van der Waals surface area (Å²) in [4.78, 5) is 18.8. The fourth-order valence-electron chi connectivity index (χ4n) is 2.18. The molecule has 0 radical (unpaired) electrons. The van der Waals surface area contributed by atoms with Gasteiger partial charge in [-0.05, 0) is 32.6 Å². The summed E-state index contributed by atoms with van der Waals surface area (Å²) >= 11 is 0. The lowest BCUT2D eigenvalue weighted by Gasteiger charge is -2.11. The first-order chi connectivity index (χ1) is 10.1. The topological polar surface area (TPSA) is 58.9 Å². The quantitative estimate of drug-likeness (QED) is 0.778. The zero-order chi connectivity index (χ0) is 15.2. The summed E-state index contributed by atoms with van der Waals surface area (Å²) < 4.78 is 6.94. The second-order valence-electron chi connectivity index (χ2n) is 5.18. The molecule has 0 aliphatic rings. The van der Waals surface area contributed by atoms with Gasteiger partial charge in [0.1, 0.15) is 5.65 Å². The lowest BCUT2D eigenvalue weighted by molar-refractivity contribution is 0.0942. The van der Waals surface area contributed by atoms with Crippen molar-refractivity contribution in [2.45, 2.75) is 13.0 Å². The Bertz CT molecular complexity index is 607. The molecule has 0 aromatic carbocycles. The maximum absolute atomic E-state index is 12.3. The van der Waals surface area contributed by atoms with Crippen LogP contribution in [0.5, 0.6) is 0 Å². The normalized spacial score (nSPS) is 11.2. The molecule has 0 spiro atoms. The largest absolute Gasteiger partial charge is 0.385 e. The number of aromatic nitrogens is 2. The fraction of sp³-hybridized carbons (Fsp3) is 0.467. The molecule has 6 nitrogen and oxygen atoms in total. The van der Waals surface area contributed by atoms with Crippen molar-refractivity contribution < 1.29 is 9.53 Å². The van der Waals surface area contributed by atoms with Crippen LogP contribution in [-0.2, 0) is 11.3 Å². The van der Waals surface area contributed by atoms with Gasteiger partial charge >= 0.3 is 0 Å². The Morgan fingerprint density at radius 1 is 1.43 bits per heavy atom. The van der Waals surface area contributed by atoms with Crippen molar-refractivity contribution in [1.82, 2.24) is 19.6 Å². The van der Waals surface area contributed by atoms with E-state index in [0.717, 1.165) is 17.8 Å². The Labute approximate surface area is 124 Å². The number of fused-ring (bicyclic) bond motifs is 1. The van der Waals surface area contributed by atoms with Gasteiger partial charge in [-0.1, -0.05) is 6.07 Å². The fourth-order valence-corrected chi connectivity index (χ4v) is 2.18. The van der Waals surface area contributed by atoms with Gasteiger partial charge < -0.3 is 19.4 Å². The second-order valence-corrected chi connectivity index (χ2v) is 5.18. The number of hydrogen-bond acceptors (Lipinski definition) is 4. The molecule has 21 heavy (non-hydrogen) atoms. The highest BCUT2D eigenvalue weighted by Gasteiger charge is 2.18. The Hall–Kier alpha value is -1.92. The molecule has 1 N–H and O–H groups in total. The van der Waals surface area contributed by atoms with Crippen molar-refractivity contribution in [3.8, 4) is 0 Å². The Morgan fingerprint density at radius 2 is 2.24 bits per heavy atom. The zero-order valence-corrected chi connectivity index (χ0v) is 12.8. The lowest BCUT2D eigenvalue weighted by Crippen LogP contribution is -2.27. The highest BCUT2D eigenvalue weighted by atomic mass is 16.5. The molecule has 0 unspecified atom stereocenters. The van der Waals surface area contributed by atoms with Gasteiger partial charge in [0.2, 0.25) is 0 Å². The number of carbonyl (C=O) groups excluding carboxylic acids is 1. The maximum Gasteiger partial charge on any atom is 0.271 e. The lowest BCUT2D eigenvalue weighted by atomic mass is 10.3. The number of methoxy groups -OCH3 is 1. The van der Waals surface area contributed by atoms with Crippen molar-refractivity contribution in [2.24, 2.45) is 0 Å². The highest BCUT2D eigenvalue weighted by molar-refractivity contribution is 5.94. The third-order valence-electron chi connectivity index (χ3n) is 3.12. The predicted octanol–water partition coefficient (Wildman–Crippen LogP) is 1.16. The van der Waals surface area contributed by atoms with Crippen molar-refractivity contribution in [3.05, 3.63) is 35.8 Å². The van der Waals surface area contributed by atoms with Gasteiger partial charge in [-0.15, -0.1) is 0 Å². The number of imidazole rings is 1. The molecule has 0 bridgehead atoms. The van der Waals surface area contributed by atoms with E-state index in [1.807, 2.05) is 47.8 Å². The molecule has 0 saturated heterocycles. The van der Waals surface area contributed by atoms with E-state index in [4.69, 9.17) is 4.74 Å². The number of nitrogens with zero attached hydrogens (tertiary/aromatic N) is 3. The van der Waals surface area contributed by atoms with Crippen LogP contribution < -0.4 is 5.32 Å². The second kappa shape index (κ2) is 7.19. The van der Waals surface area contributed by atoms with Crippen LogP contribution in [0.1, 0.15) is 22.6 Å². The molecule has 6 heteroatoms. The molecule has 0 atom stereocenters. The summed E-state index contributed by atoms with van der Waals surface area (Å²) in [5.41, 5.74) is 2.18. The predicted molar refractivity (Wildman–Crippen MR) is 81.4 cm³/mol. The van der Waals surface area contributed by atoms with Crippen LogP contribution in [0, 0.1) is 0 Å². The summed E-state index contributed by atoms with van der Waals surface area (Å²) in [5.74, 6) is -0.133. The van der Waals surface area contributed by atoms with Crippen LogP contribution in [0.3, 0.4) is 0 Å². The molecule has 0 aliphatic heterocycles. The van der Waals surface area contributed by atoms with Crippen molar-refractivity contribution in [3.63, 3.8) is 0 Å². The monoisotopic (exact) mass is 290 g/mol. The third kappa shape index (κ3) is 3.80. The first-order valence-electron chi connectivity index (χ1n) is 7.01. The van der Waals surface area contributed by atoms with Gasteiger partial charge in [0.25, 0.3) is 5.91 Å². The number of carbonyl (C=O) groups is 1. The Kier molecular flexibility index (Phi) is 5.30. The van der Waals surface area contributed by atoms with E-state index in [1.54, 1.807) is 7.11 Å². The standard InChI is InChI=1S/C15H22N4O2/c1-18(2)11-12-14(15(20)16-8-6-10-21-3)17-13-7-4-5-9-19(12)13/h4-5,7,9H,6,8,10-11H2,1-3H3,(H,16,20). The SMILES string of the molecule is COCCCNC(=O)c1nc2ccccn2c1CN(C)C. The summed E-state index contributed by atoms with van der Waals surface area (Å²) in [7, 11) is 5.60. The number of amides is 1. The van der Waals surface area contributed by atoms with Crippen molar-refractivity contribution in [2.75, 3.05) is 34.4 Å². The molecule has 0 fully saturated rings. The number of nitrogens with one attached hydrogen (secondary N) is 1. The summed E-state index contributed by atoms with van der Waals surface area (Å²) in [5, 5.41) is 2.90. The van der Waals surface area contributed by atoms with E-state index in [1.165, 1.54) is 0 Å². The molecule has 2 aromatic rings. The van der Waals surface area contributed by atoms with Gasteiger partial charge in [-0.3, -0.25) is 4.79 Å². The molecular formula is C15H22N4O2. The van der Waals surface area contributed by atoms with Crippen LogP contribution in [0.15, 0.2) is 24.4 Å². The number of pyridine rings is 1. The van der Waals surface area contributed by atoms with Gasteiger partial charge in [0, 0.05) is 33.0 Å². The molecular weight excluding hydrogens is 268 g/mol. The van der Waals surface area contributed by atoms with Crippen LogP contribution in [0.4, 0.5) is 0 Å². The summed E-state index contributed by atoms with van der Waals surface area (Å²) in [6.45, 7) is 1.88. The first-order valence-corrected chi connectivity index (χ1v) is 7.01. The van der Waals surface area contributed by atoms with Crippen LogP contribution >= 0.6 is 0 Å². The average molecular weight is 290 g/mol. The molecule has 2 aromatic heterocycles. The Balaban J connectivity index is 2.22. The van der Waals surface area contributed by atoms with E-state index in [2.05, 4.69) is 10.3 Å². The van der Waals surface area contributed by atoms with Crippen molar-refractivity contribution >= 4 is 11.6 Å². The van der Waals surface area contributed by atoms with Gasteiger partial charge in [0.15, 0.2) is 5.69 Å². The molecule has 1 amide bonds. The Morgan fingerprint density at radius 3 is 2.95 bits per heavy atom. The number of ether oxygens (including phenoxy) is 1. The van der Waals surface area contributed by atoms with Crippen LogP contribution in [0.2, 0.25) is 0 Å². The molecule has 114 valence electrons. The van der Waals surface area contributed by atoms with E-state index >= 15 is 0 Å². The molecule has 0 aliphatic carbocycles. The highest BCUT2D eigenvalue weighted by Crippen LogP contribution is 2.14. The minimum Gasteiger partial charge on any atom is -0.385 e.